The van der Waals surface area contributed by atoms with Crippen molar-refractivity contribution in [2.24, 2.45) is 5.92 Å². The first-order valence-corrected chi connectivity index (χ1v) is 10.7. The van der Waals surface area contributed by atoms with Crippen molar-refractivity contribution in [3.63, 3.8) is 0 Å². The van der Waals surface area contributed by atoms with E-state index in [9.17, 15) is 26.3 Å². The lowest BCUT2D eigenvalue weighted by Crippen LogP contribution is -2.21. The van der Waals surface area contributed by atoms with Crippen LogP contribution in [0.3, 0.4) is 0 Å². The minimum absolute atomic E-state index is 0.0603. The molecule has 1 aliphatic rings. The van der Waals surface area contributed by atoms with Gasteiger partial charge in [-0.1, -0.05) is 25.8 Å². The fourth-order valence-electron chi connectivity index (χ4n) is 4.28. The lowest BCUT2D eigenvalue weighted by atomic mass is 9.80. The molecule has 0 fully saturated rings. The maximum Gasteiger partial charge on any atom is 0.573 e. The highest BCUT2D eigenvalue weighted by atomic mass is 19.4. The van der Waals surface area contributed by atoms with E-state index in [0.717, 1.165) is 25.3 Å². The zero-order valence-electron chi connectivity index (χ0n) is 17.4. The molecular weight excluding hydrogens is 418 g/mol. The molecule has 170 valence electrons. The van der Waals surface area contributed by atoms with Gasteiger partial charge in [0.1, 0.15) is 11.6 Å². The third-order valence-electron chi connectivity index (χ3n) is 5.91. The molecule has 0 bridgehead atoms. The van der Waals surface area contributed by atoms with Crippen LogP contribution in [0.2, 0.25) is 0 Å². The summed E-state index contributed by atoms with van der Waals surface area (Å²) in [7, 11) is 0. The van der Waals surface area contributed by atoms with Crippen LogP contribution in [0.5, 0.6) is 5.75 Å². The highest BCUT2D eigenvalue weighted by Gasteiger charge is 2.34. The Kier molecular flexibility index (Phi) is 7.55. The fraction of sp³-hybridized carbons (Fsp3) is 0.500. The predicted octanol–water partition coefficient (Wildman–Crippen LogP) is 7.47. The topological polar surface area (TPSA) is 9.23 Å². The highest BCUT2D eigenvalue weighted by Crippen LogP contribution is 2.36. The van der Waals surface area contributed by atoms with Gasteiger partial charge >= 0.3 is 6.36 Å². The number of ether oxygens (including phenoxy) is 1. The molecule has 2 aromatic carbocycles. The average molecular weight is 444 g/mol. The quantitative estimate of drug-likeness (QED) is 0.303. The first kappa shape index (κ1) is 23.5. The van der Waals surface area contributed by atoms with Crippen LogP contribution in [0.4, 0.5) is 26.3 Å². The summed E-state index contributed by atoms with van der Waals surface area (Å²) in [5.41, 5.74) is 1.57. The second-order valence-corrected chi connectivity index (χ2v) is 8.21. The predicted molar refractivity (Wildman–Crippen MR) is 107 cm³/mol. The summed E-state index contributed by atoms with van der Waals surface area (Å²) in [5, 5.41) is 0. The molecule has 0 aliphatic heterocycles. The summed E-state index contributed by atoms with van der Waals surface area (Å²) < 4.78 is 84.2. The molecule has 0 saturated carbocycles. The molecule has 31 heavy (non-hydrogen) atoms. The zero-order chi connectivity index (χ0) is 22.6. The van der Waals surface area contributed by atoms with Gasteiger partial charge in [0.25, 0.3) is 0 Å². The summed E-state index contributed by atoms with van der Waals surface area (Å²) in [6.45, 7) is 2.07. The number of hydrogen-bond donors (Lipinski definition) is 0. The summed E-state index contributed by atoms with van der Waals surface area (Å²) in [6, 6.07) is 5.24. The number of alkyl halides is 3. The van der Waals surface area contributed by atoms with Crippen molar-refractivity contribution < 1.29 is 31.1 Å². The van der Waals surface area contributed by atoms with E-state index >= 15 is 0 Å². The standard InChI is InChI=1S/C24H26F6O/c1-2-3-4-5-16-13-20(25)19(21(26)14-16)10-7-15-6-9-18-17(12-15)8-11-22(23(18)27)31-24(28,29)30/h8,11,13-15H,2-7,9-10,12H2,1H3. The van der Waals surface area contributed by atoms with Gasteiger partial charge < -0.3 is 4.74 Å². The van der Waals surface area contributed by atoms with Gasteiger partial charge in [-0.05, 0) is 85.8 Å². The van der Waals surface area contributed by atoms with Crippen molar-refractivity contribution in [3.05, 3.63) is 64.0 Å². The summed E-state index contributed by atoms with van der Waals surface area (Å²) in [6.07, 6.45) is 0.639. The number of hydrogen-bond acceptors (Lipinski definition) is 1. The first-order valence-electron chi connectivity index (χ1n) is 10.7. The minimum Gasteiger partial charge on any atom is -0.403 e. The van der Waals surface area contributed by atoms with Crippen LogP contribution >= 0.6 is 0 Å². The molecule has 7 heteroatoms. The van der Waals surface area contributed by atoms with E-state index in [1.165, 1.54) is 18.2 Å². The Morgan fingerprint density at radius 2 is 1.71 bits per heavy atom. The summed E-state index contributed by atoms with van der Waals surface area (Å²) >= 11 is 0. The van der Waals surface area contributed by atoms with E-state index in [2.05, 4.69) is 11.7 Å². The van der Waals surface area contributed by atoms with E-state index in [4.69, 9.17) is 0 Å². The van der Waals surface area contributed by atoms with Crippen molar-refractivity contribution in [2.45, 2.75) is 71.1 Å². The number of halogens is 6. The van der Waals surface area contributed by atoms with Gasteiger partial charge in [-0.15, -0.1) is 13.2 Å². The third kappa shape index (κ3) is 6.17. The molecule has 0 aromatic heterocycles. The molecule has 1 nitrogen and oxygen atoms in total. The number of fused-ring (bicyclic) bond motifs is 1. The van der Waals surface area contributed by atoms with Crippen molar-refractivity contribution in [1.82, 2.24) is 0 Å². The van der Waals surface area contributed by atoms with Crippen LogP contribution in [0.1, 0.15) is 61.3 Å². The SMILES string of the molecule is CCCCCc1cc(F)c(CCC2CCc3c(ccc(OC(F)(F)F)c3F)C2)c(F)c1. The molecule has 0 heterocycles. The fourth-order valence-corrected chi connectivity index (χ4v) is 4.28. The second-order valence-electron chi connectivity index (χ2n) is 8.21. The van der Waals surface area contributed by atoms with Crippen molar-refractivity contribution in [1.29, 1.82) is 0 Å². The van der Waals surface area contributed by atoms with E-state index < -0.39 is 29.6 Å². The Balaban J connectivity index is 1.63. The van der Waals surface area contributed by atoms with Crippen LogP contribution < -0.4 is 4.74 Å². The Bertz CT molecular complexity index is 883. The first-order chi connectivity index (χ1) is 14.7. The zero-order valence-corrected chi connectivity index (χ0v) is 17.4. The van der Waals surface area contributed by atoms with Gasteiger partial charge in [-0.25, -0.2) is 13.2 Å². The van der Waals surface area contributed by atoms with E-state index in [1.807, 2.05) is 0 Å². The second kappa shape index (κ2) is 9.96. The molecule has 0 amide bonds. The van der Waals surface area contributed by atoms with E-state index in [-0.39, 0.29) is 29.9 Å². The summed E-state index contributed by atoms with van der Waals surface area (Å²) in [4.78, 5) is 0. The van der Waals surface area contributed by atoms with E-state index in [0.29, 0.717) is 36.8 Å². The van der Waals surface area contributed by atoms with Crippen LogP contribution in [0.25, 0.3) is 0 Å². The van der Waals surface area contributed by atoms with Crippen LogP contribution in [0, 0.1) is 23.4 Å². The van der Waals surface area contributed by atoms with Gasteiger partial charge in [0.05, 0.1) is 0 Å². The Labute approximate surface area is 178 Å². The normalized spacial score (nSPS) is 16.3. The molecule has 0 radical (unpaired) electrons. The summed E-state index contributed by atoms with van der Waals surface area (Å²) in [5.74, 6) is -2.81. The molecule has 2 aromatic rings. The Morgan fingerprint density at radius 3 is 2.35 bits per heavy atom. The number of unbranched alkanes of at least 4 members (excludes halogenated alkanes) is 2. The number of rotatable bonds is 8. The molecule has 0 N–H and O–H groups in total. The number of aryl methyl sites for hydroxylation is 1. The highest BCUT2D eigenvalue weighted by molar-refractivity contribution is 5.39. The van der Waals surface area contributed by atoms with Crippen LogP contribution in [-0.2, 0) is 25.7 Å². The molecular formula is C24H26F6O. The monoisotopic (exact) mass is 444 g/mol. The number of benzene rings is 2. The largest absolute Gasteiger partial charge is 0.573 e. The van der Waals surface area contributed by atoms with Crippen LogP contribution in [-0.4, -0.2) is 6.36 Å². The smallest absolute Gasteiger partial charge is 0.403 e. The molecule has 0 spiro atoms. The average Bonchev–Trinajstić information content (AvgIpc) is 2.69. The third-order valence-corrected chi connectivity index (χ3v) is 5.91. The molecule has 1 atom stereocenters. The lowest BCUT2D eigenvalue weighted by molar-refractivity contribution is -0.275. The van der Waals surface area contributed by atoms with Crippen molar-refractivity contribution >= 4 is 0 Å². The van der Waals surface area contributed by atoms with Gasteiger partial charge in [-0.3, -0.25) is 0 Å². The molecule has 3 rings (SSSR count). The van der Waals surface area contributed by atoms with Crippen LogP contribution in [0.15, 0.2) is 24.3 Å². The van der Waals surface area contributed by atoms with Crippen molar-refractivity contribution in [3.8, 4) is 5.75 Å². The van der Waals surface area contributed by atoms with Crippen molar-refractivity contribution in [2.75, 3.05) is 0 Å². The molecule has 1 aliphatic carbocycles. The van der Waals surface area contributed by atoms with E-state index in [1.54, 1.807) is 0 Å². The minimum atomic E-state index is -4.95. The Morgan fingerprint density at radius 1 is 1.00 bits per heavy atom. The maximum atomic E-state index is 14.5. The lowest BCUT2D eigenvalue weighted by Gasteiger charge is -2.26. The van der Waals surface area contributed by atoms with Gasteiger partial charge in [0.15, 0.2) is 11.6 Å². The van der Waals surface area contributed by atoms with Gasteiger partial charge in [-0.2, -0.15) is 0 Å². The van der Waals surface area contributed by atoms with Gasteiger partial charge in [0.2, 0.25) is 0 Å². The Hall–Kier alpha value is -2.18. The molecule has 0 saturated heterocycles. The van der Waals surface area contributed by atoms with Gasteiger partial charge in [0, 0.05) is 5.56 Å². The molecule has 1 unspecified atom stereocenters. The maximum absolute atomic E-state index is 14.5.